The number of rotatable bonds is 4. The van der Waals surface area contributed by atoms with Gasteiger partial charge in [0.1, 0.15) is 5.75 Å². The van der Waals surface area contributed by atoms with Crippen LogP contribution >= 0.6 is 34.3 Å². The number of hydrogen-bond donors (Lipinski definition) is 1. The van der Waals surface area contributed by atoms with Crippen LogP contribution < -0.4 is 10.1 Å². The van der Waals surface area contributed by atoms with E-state index in [0.717, 1.165) is 25.3 Å². The van der Waals surface area contributed by atoms with E-state index in [1.165, 1.54) is 0 Å². The van der Waals surface area contributed by atoms with Gasteiger partial charge in [-0.2, -0.15) is 0 Å². The molecule has 0 unspecified atom stereocenters. The van der Waals surface area contributed by atoms with Crippen molar-refractivity contribution in [1.82, 2.24) is 4.98 Å². The molecule has 4 rings (SSSR count). The number of para-hydroxylation sites is 1. The van der Waals surface area contributed by atoms with Crippen molar-refractivity contribution in [2.75, 3.05) is 11.9 Å². The lowest BCUT2D eigenvalue weighted by atomic mass is 10.2. The highest BCUT2D eigenvalue weighted by Crippen LogP contribution is 2.38. The van der Waals surface area contributed by atoms with E-state index < -0.39 is 0 Å². The third-order valence-electron chi connectivity index (χ3n) is 3.67. The second-order valence-corrected chi connectivity index (χ2v) is 7.99. The van der Waals surface area contributed by atoms with Gasteiger partial charge in [-0.15, -0.1) is 22.7 Å². The van der Waals surface area contributed by atoms with E-state index in [4.69, 9.17) is 16.3 Å². The minimum absolute atomic E-state index is 0.0839. The number of nitrogens with zero attached hydrogens (tertiary/aromatic N) is 1. The number of anilines is 1. The predicted molar refractivity (Wildman–Crippen MR) is 105 cm³/mol. The molecular formula is C18H13ClN2O2S2. The fourth-order valence-electron chi connectivity index (χ4n) is 2.60. The van der Waals surface area contributed by atoms with Crippen LogP contribution in [0.4, 0.5) is 5.69 Å². The van der Waals surface area contributed by atoms with Crippen LogP contribution in [-0.2, 0) is 4.79 Å². The van der Waals surface area contributed by atoms with E-state index in [1.54, 1.807) is 34.8 Å². The number of carbonyl (C=O) groups is 1. The molecule has 0 spiro atoms. The molecule has 0 atom stereocenters. The molecule has 0 saturated carbocycles. The third kappa shape index (κ3) is 3.20. The van der Waals surface area contributed by atoms with Gasteiger partial charge in [-0.05, 0) is 30.5 Å². The molecule has 0 aliphatic carbocycles. The maximum Gasteiger partial charge on any atom is 0.262 e. The second kappa shape index (κ2) is 6.63. The van der Waals surface area contributed by atoms with Crippen molar-refractivity contribution in [3.8, 4) is 5.75 Å². The van der Waals surface area contributed by atoms with Gasteiger partial charge in [-0.1, -0.05) is 23.7 Å². The summed E-state index contributed by atoms with van der Waals surface area (Å²) < 4.78 is 7.95. The number of thiophene rings is 1. The van der Waals surface area contributed by atoms with Crippen molar-refractivity contribution >= 4 is 66.2 Å². The van der Waals surface area contributed by atoms with Gasteiger partial charge in [0.2, 0.25) is 0 Å². The molecule has 2 aromatic carbocycles. The smallest absolute Gasteiger partial charge is 0.262 e. The van der Waals surface area contributed by atoms with Gasteiger partial charge < -0.3 is 10.1 Å². The summed E-state index contributed by atoms with van der Waals surface area (Å²) in [7, 11) is 0. The summed E-state index contributed by atoms with van der Waals surface area (Å²) >= 11 is 9.31. The molecule has 126 valence electrons. The van der Waals surface area contributed by atoms with E-state index in [-0.39, 0.29) is 12.5 Å². The summed E-state index contributed by atoms with van der Waals surface area (Å²) in [6.07, 6.45) is 0. The van der Waals surface area contributed by atoms with Crippen molar-refractivity contribution in [2.45, 2.75) is 6.92 Å². The van der Waals surface area contributed by atoms with Crippen molar-refractivity contribution < 1.29 is 9.53 Å². The fraction of sp³-hybridized carbons (Fsp3) is 0.111. The number of thiazole rings is 1. The number of nitrogens with one attached hydrogen (secondary N) is 1. The standard InChI is InChI=1S/C18H13ClN2O2S2/c1-10-20-17-15(25-10)8-14(11-6-7-24-18(11)17)23-9-16(22)21-13-5-3-2-4-12(13)19/h2-8H,9H2,1H3,(H,21,22). The average Bonchev–Trinajstić information content (AvgIpc) is 3.20. The Labute approximate surface area is 157 Å². The molecule has 2 heterocycles. The number of benzene rings is 2. The lowest BCUT2D eigenvalue weighted by Gasteiger charge is -2.09. The first-order chi connectivity index (χ1) is 12.1. The summed E-state index contributed by atoms with van der Waals surface area (Å²) in [6.45, 7) is 1.90. The first kappa shape index (κ1) is 16.3. The van der Waals surface area contributed by atoms with E-state index in [2.05, 4.69) is 10.3 Å². The zero-order valence-electron chi connectivity index (χ0n) is 13.2. The molecule has 7 heteroatoms. The molecule has 1 amide bonds. The predicted octanol–water partition coefficient (Wildman–Crippen LogP) is 5.49. The molecule has 25 heavy (non-hydrogen) atoms. The number of amides is 1. The highest BCUT2D eigenvalue weighted by Gasteiger charge is 2.14. The van der Waals surface area contributed by atoms with E-state index in [9.17, 15) is 4.79 Å². The molecule has 2 aromatic heterocycles. The Bertz CT molecular complexity index is 1090. The molecule has 0 radical (unpaired) electrons. The van der Waals surface area contributed by atoms with Gasteiger partial charge in [-0.25, -0.2) is 4.98 Å². The van der Waals surface area contributed by atoms with Gasteiger partial charge in [0, 0.05) is 11.5 Å². The Balaban J connectivity index is 1.57. The summed E-state index contributed by atoms with van der Waals surface area (Å²) in [4.78, 5) is 16.8. The molecule has 4 nitrogen and oxygen atoms in total. The summed E-state index contributed by atoms with van der Waals surface area (Å²) in [5, 5.41) is 7.26. The van der Waals surface area contributed by atoms with E-state index in [1.807, 2.05) is 36.6 Å². The number of carbonyl (C=O) groups excluding carboxylic acids is 1. The number of halogens is 1. The fourth-order valence-corrected chi connectivity index (χ4v) is 4.61. The number of aryl methyl sites for hydroxylation is 1. The first-order valence-electron chi connectivity index (χ1n) is 7.56. The molecule has 0 bridgehead atoms. The summed E-state index contributed by atoms with van der Waals surface area (Å²) in [6, 6.07) is 11.1. The maximum atomic E-state index is 12.2. The van der Waals surface area contributed by atoms with E-state index >= 15 is 0 Å². The van der Waals surface area contributed by atoms with Crippen LogP contribution in [0.3, 0.4) is 0 Å². The quantitative estimate of drug-likeness (QED) is 0.502. The van der Waals surface area contributed by atoms with Crippen molar-refractivity contribution in [3.63, 3.8) is 0 Å². The van der Waals surface area contributed by atoms with Gasteiger partial charge in [-0.3, -0.25) is 4.79 Å². The molecule has 0 saturated heterocycles. The van der Waals surface area contributed by atoms with Gasteiger partial charge in [0.05, 0.1) is 30.6 Å². The van der Waals surface area contributed by atoms with E-state index in [0.29, 0.717) is 16.5 Å². The Morgan fingerprint density at radius 3 is 3.00 bits per heavy atom. The number of ether oxygens (including phenoxy) is 1. The molecule has 0 fully saturated rings. The van der Waals surface area contributed by atoms with Crippen molar-refractivity contribution in [1.29, 1.82) is 0 Å². The van der Waals surface area contributed by atoms with Gasteiger partial charge >= 0.3 is 0 Å². The zero-order valence-corrected chi connectivity index (χ0v) is 15.6. The minimum atomic E-state index is -0.253. The molecule has 4 aromatic rings. The zero-order chi connectivity index (χ0) is 17.4. The Kier molecular flexibility index (Phi) is 4.33. The van der Waals surface area contributed by atoms with Crippen LogP contribution in [0, 0.1) is 6.92 Å². The molecular weight excluding hydrogens is 376 g/mol. The largest absolute Gasteiger partial charge is 0.483 e. The topological polar surface area (TPSA) is 51.2 Å². The van der Waals surface area contributed by atoms with Crippen LogP contribution in [-0.4, -0.2) is 17.5 Å². The number of aromatic nitrogens is 1. The normalized spacial score (nSPS) is 11.1. The van der Waals surface area contributed by atoms with Crippen molar-refractivity contribution in [2.24, 2.45) is 0 Å². The minimum Gasteiger partial charge on any atom is -0.483 e. The van der Waals surface area contributed by atoms with Crippen LogP contribution in [0.5, 0.6) is 5.75 Å². The van der Waals surface area contributed by atoms with Crippen LogP contribution in [0.25, 0.3) is 20.3 Å². The Hall–Kier alpha value is -2.15. The average molecular weight is 389 g/mol. The number of fused-ring (bicyclic) bond motifs is 3. The lowest BCUT2D eigenvalue weighted by molar-refractivity contribution is -0.118. The molecule has 1 N–H and O–H groups in total. The summed E-state index contributed by atoms with van der Waals surface area (Å²) in [5.74, 6) is 0.443. The summed E-state index contributed by atoms with van der Waals surface area (Å²) in [5.41, 5.74) is 1.58. The molecule has 0 aliphatic heterocycles. The highest BCUT2D eigenvalue weighted by atomic mass is 35.5. The lowest BCUT2D eigenvalue weighted by Crippen LogP contribution is -2.20. The second-order valence-electron chi connectivity index (χ2n) is 5.43. The van der Waals surface area contributed by atoms with Crippen LogP contribution in [0.15, 0.2) is 41.8 Å². The Morgan fingerprint density at radius 2 is 2.16 bits per heavy atom. The third-order valence-corrected chi connectivity index (χ3v) is 5.84. The van der Waals surface area contributed by atoms with Gasteiger partial charge in [0.25, 0.3) is 5.91 Å². The maximum absolute atomic E-state index is 12.2. The van der Waals surface area contributed by atoms with Crippen LogP contribution in [0.2, 0.25) is 5.02 Å². The first-order valence-corrected chi connectivity index (χ1v) is 9.64. The highest BCUT2D eigenvalue weighted by molar-refractivity contribution is 7.21. The Morgan fingerprint density at radius 1 is 1.32 bits per heavy atom. The van der Waals surface area contributed by atoms with Crippen LogP contribution in [0.1, 0.15) is 5.01 Å². The monoisotopic (exact) mass is 388 g/mol. The molecule has 0 aliphatic rings. The van der Waals surface area contributed by atoms with Crippen molar-refractivity contribution in [3.05, 3.63) is 51.8 Å². The van der Waals surface area contributed by atoms with Gasteiger partial charge in [0.15, 0.2) is 6.61 Å². The number of hydrogen-bond acceptors (Lipinski definition) is 5. The SMILES string of the molecule is Cc1nc2c(cc(OCC(=O)Nc3ccccc3Cl)c3ccsc32)s1.